The van der Waals surface area contributed by atoms with E-state index in [0.717, 1.165) is 16.6 Å². The highest BCUT2D eigenvalue weighted by atomic mass is 35.5. The van der Waals surface area contributed by atoms with Crippen LogP contribution in [-0.2, 0) is 0 Å². The molecular weight excluding hydrogens is 288 g/mol. The van der Waals surface area contributed by atoms with Crippen molar-refractivity contribution in [1.82, 2.24) is 4.98 Å². The lowest BCUT2D eigenvalue weighted by Gasteiger charge is -2.03. The van der Waals surface area contributed by atoms with Gasteiger partial charge < -0.3 is 9.73 Å². The van der Waals surface area contributed by atoms with E-state index in [0.29, 0.717) is 16.4 Å². The second-order valence-corrected chi connectivity index (χ2v) is 5.20. The smallest absolute Gasteiger partial charge is 0.292 e. The van der Waals surface area contributed by atoms with Crippen molar-refractivity contribution in [3.8, 4) is 0 Å². The summed E-state index contributed by atoms with van der Waals surface area (Å²) in [6.07, 6.45) is 0. The molecule has 0 radical (unpaired) electrons. The van der Waals surface area contributed by atoms with Crippen molar-refractivity contribution in [2.75, 3.05) is 5.32 Å². The lowest BCUT2D eigenvalue weighted by Crippen LogP contribution is -2.13. The van der Waals surface area contributed by atoms with Crippen LogP contribution in [0.2, 0.25) is 5.02 Å². The number of amides is 1. The molecule has 0 bridgehead atoms. The molecule has 0 atom stereocenters. The van der Waals surface area contributed by atoms with Gasteiger partial charge in [-0.3, -0.25) is 4.79 Å². The topological polar surface area (TPSA) is 55.1 Å². The van der Waals surface area contributed by atoms with E-state index in [9.17, 15) is 4.79 Å². The van der Waals surface area contributed by atoms with Crippen LogP contribution in [0, 0.1) is 13.8 Å². The molecule has 3 rings (SSSR count). The molecule has 1 N–H and O–H groups in total. The predicted molar refractivity (Wildman–Crippen MR) is 82.9 cm³/mol. The molecule has 0 aliphatic heterocycles. The first-order valence-corrected chi connectivity index (χ1v) is 6.86. The van der Waals surface area contributed by atoms with Gasteiger partial charge >= 0.3 is 0 Å². The molecule has 0 spiro atoms. The third-order valence-corrected chi connectivity index (χ3v) is 3.55. The summed E-state index contributed by atoms with van der Waals surface area (Å²) in [6, 6.07) is 10.9. The molecule has 106 valence electrons. The molecule has 0 unspecified atom stereocenters. The van der Waals surface area contributed by atoms with E-state index < -0.39 is 0 Å². The highest BCUT2D eigenvalue weighted by Crippen LogP contribution is 2.30. The zero-order valence-electron chi connectivity index (χ0n) is 11.6. The van der Waals surface area contributed by atoms with Gasteiger partial charge in [-0.05, 0) is 32.0 Å². The van der Waals surface area contributed by atoms with Gasteiger partial charge in [0.05, 0.1) is 5.02 Å². The fraction of sp³-hybridized carbons (Fsp3) is 0.125. The number of carbonyl (C=O) groups excluding carboxylic acids is 1. The maximum absolute atomic E-state index is 12.3. The summed E-state index contributed by atoms with van der Waals surface area (Å²) in [6.45, 7) is 3.70. The first-order chi connectivity index (χ1) is 10.1. The van der Waals surface area contributed by atoms with Crippen LogP contribution in [0.1, 0.15) is 21.8 Å². The second kappa shape index (κ2) is 5.22. The van der Waals surface area contributed by atoms with Gasteiger partial charge in [-0.2, -0.15) is 0 Å². The summed E-state index contributed by atoms with van der Waals surface area (Å²) >= 11 is 6.09. The minimum atomic E-state index is -0.335. The molecule has 3 aromatic rings. The molecule has 1 aromatic carbocycles. The van der Waals surface area contributed by atoms with E-state index in [1.165, 1.54) is 0 Å². The summed E-state index contributed by atoms with van der Waals surface area (Å²) in [4.78, 5) is 16.6. The van der Waals surface area contributed by atoms with E-state index in [-0.39, 0.29) is 11.7 Å². The minimum Gasteiger partial charge on any atom is -0.449 e. The molecule has 21 heavy (non-hydrogen) atoms. The quantitative estimate of drug-likeness (QED) is 0.765. The van der Waals surface area contributed by atoms with Crippen LogP contribution < -0.4 is 5.32 Å². The van der Waals surface area contributed by atoms with Crippen molar-refractivity contribution < 1.29 is 9.21 Å². The number of benzene rings is 1. The van der Waals surface area contributed by atoms with E-state index in [4.69, 9.17) is 16.0 Å². The van der Waals surface area contributed by atoms with Gasteiger partial charge in [0.25, 0.3) is 5.91 Å². The average Bonchev–Trinajstić information content (AvgIpc) is 2.78. The normalized spacial score (nSPS) is 10.8. The Labute approximate surface area is 126 Å². The van der Waals surface area contributed by atoms with Crippen LogP contribution >= 0.6 is 11.6 Å². The summed E-state index contributed by atoms with van der Waals surface area (Å²) in [7, 11) is 0. The minimum absolute atomic E-state index is 0.251. The zero-order chi connectivity index (χ0) is 15.0. The van der Waals surface area contributed by atoms with Crippen LogP contribution in [0.3, 0.4) is 0 Å². The fourth-order valence-electron chi connectivity index (χ4n) is 2.21. The number of aromatic nitrogens is 1. The number of rotatable bonds is 2. The first kappa shape index (κ1) is 13.6. The SMILES string of the molecule is Cc1cccc(NC(=O)c2oc3c(Cl)cccc3c2C)n1. The molecule has 2 heterocycles. The number of fused-ring (bicyclic) bond motifs is 1. The van der Waals surface area contributed by atoms with Crippen LogP contribution in [-0.4, -0.2) is 10.9 Å². The van der Waals surface area contributed by atoms with Crippen molar-refractivity contribution in [2.45, 2.75) is 13.8 Å². The number of hydrogen-bond donors (Lipinski definition) is 1. The Morgan fingerprint density at radius 1 is 1.19 bits per heavy atom. The molecule has 0 saturated carbocycles. The Bertz CT molecular complexity index is 839. The van der Waals surface area contributed by atoms with Crippen LogP contribution in [0.15, 0.2) is 40.8 Å². The Morgan fingerprint density at radius 3 is 2.67 bits per heavy atom. The third kappa shape index (κ3) is 2.50. The Kier molecular flexibility index (Phi) is 3.39. The lowest BCUT2D eigenvalue weighted by molar-refractivity contribution is 0.0997. The molecule has 0 aliphatic rings. The average molecular weight is 301 g/mol. The Balaban J connectivity index is 1.98. The number of anilines is 1. The summed E-state index contributed by atoms with van der Waals surface area (Å²) in [5.74, 6) is 0.408. The maximum atomic E-state index is 12.3. The second-order valence-electron chi connectivity index (χ2n) is 4.79. The summed E-state index contributed by atoms with van der Waals surface area (Å²) in [5, 5.41) is 4.06. The molecule has 1 amide bonds. The van der Waals surface area contributed by atoms with E-state index in [1.54, 1.807) is 12.1 Å². The van der Waals surface area contributed by atoms with Crippen molar-refractivity contribution in [3.63, 3.8) is 0 Å². The van der Waals surface area contributed by atoms with E-state index in [1.807, 2.05) is 38.1 Å². The largest absolute Gasteiger partial charge is 0.449 e. The van der Waals surface area contributed by atoms with Crippen LogP contribution in [0.25, 0.3) is 11.0 Å². The van der Waals surface area contributed by atoms with E-state index >= 15 is 0 Å². The molecule has 2 aromatic heterocycles. The molecule has 5 heteroatoms. The maximum Gasteiger partial charge on any atom is 0.292 e. The number of carbonyl (C=O) groups is 1. The van der Waals surface area contributed by atoms with Crippen molar-refractivity contribution in [1.29, 1.82) is 0 Å². The monoisotopic (exact) mass is 300 g/mol. The summed E-state index contributed by atoms with van der Waals surface area (Å²) in [5.41, 5.74) is 2.12. The highest BCUT2D eigenvalue weighted by molar-refractivity contribution is 6.35. The number of furan rings is 1. The molecule has 0 saturated heterocycles. The number of aryl methyl sites for hydroxylation is 2. The Hall–Kier alpha value is -2.33. The van der Waals surface area contributed by atoms with Gasteiger partial charge in [0.15, 0.2) is 11.3 Å². The van der Waals surface area contributed by atoms with Crippen molar-refractivity contribution in [3.05, 3.63) is 58.4 Å². The third-order valence-electron chi connectivity index (χ3n) is 3.25. The van der Waals surface area contributed by atoms with Gasteiger partial charge in [-0.15, -0.1) is 0 Å². The number of pyridine rings is 1. The summed E-state index contributed by atoms with van der Waals surface area (Å²) < 4.78 is 5.62. The van der Waals surface area contributed by atoms with Crippen molar-refractivity contribution in [2.24, 2.45) is 0 Å². The van der Waals surface area contributed by atoms with Gasteiger partial charge in [0.1, 0.15) is 5.82 Å². The van der Waals surface area contributed by atoms with Gasteiger partial charge in [0, 0.05) is 16.6 Å². The number of para-hydroxylation sites is 1. The van der Waals surface area contributed by atoms with Gasteiger partial charge in [-0.25, -0.2) is 4.98 Å². The number of nitrogens with zero attached hydrogens (tertiary/aromatic N) is 1. The lowest BCUT2D eigenvalue weighted by atomic mass is 10.1. The van der Waals surface area contributed by atoms with Gasteiger partial charge in [0.2, 0.25) is 0 Å². The first-order valence-electron chi connectivity index (χ1n) is 6.49. The number of hydrogen-bond acceptors (Lipinski definition) is 3. The zero-order valence-corrected chi connectivity index (χ0v) is 12.4. The van der Waals surface area contributed by atoms with Crippen molar-refractivity contribution >= 4 is 34.3 Å². The predicted octanol–water partition coefficient (Wildman–Crippen LogP) is 4.35. The highest BCUT2D eigenvalue weighted by Gasteiger charge is 2.19. The standard InChI is InChI=1S/C16H13ClN2O2/c1-9-5-3-8-13(18-9)19-16(20)14-10(2)11-6-4-7-12(17)15(11)21-14/h3-8H,1-2H3,(H,18,19,20). The Morgan fingerprint density at radius 2 is 1.95 bits per heavy atom. The molecule has 0 fully saturated rings. The van der Waals surface area contributed by atoms with E-state index in [2.05, 4.69) is 10.3 Å². The fourth-order valence-corrected chi connectivity index (χ4v) is 2.42. The number of halogens is 1. The van der Waals surface area contributed by atoms with Crippen LogP contribution in [0.4, 0.5) is 5.82 Å². The van der Waals surface area contributed by atoms with Gasteiger partial charge in [-0.1, -0.05) is 29.8 Å². The molecule has 0 aliphatic carbocycles. The molecule has 4 nitrogen and oxygen atoms in total. The molecular formula is C16H13ClN2O2. The van der Waals surface area contributed by atoms with Crippen LogP contribution in [0.5, 0.6) is 0 Å². The number of nitrogens with one attached hydrogen (secondary N) is 1.